The number of carbonyl (C=O) groups excluding carboxylic acids is 1. The highest BCUT2D eigenvalue weighted by molar-refractivity contribution is 7.91. The highest BCUT2D eigenvalue weighted by atomic mass is 32.2. The predicted molar refractivity (Wildman–Crippen MR) is 84.5 cm³/mol. The lowest BCUT2D eigenvalue weighted by atomic mass is 10.2. The van der Waals surface area contributed by atoms with Gasteiger partial charge >= 0.3 is 0 Å². The van der Waals surface area contributed by atoms with Crippen molar-refractivity contribution in [3.05, 3.63) is 29.8 Å². The van der Waals surface area contributed by atoms with E-state index in [2.05, 4.69) is 10.6 Å². The SMILES string of the molecule is COc1ccccc1CNC(=O)CCNC1CCS(=O)(=O)C1. The predicted octanol–water partition coefficient (Wildman–Crippen LogP) is 0.478. The van der Waals surface area contributed by atoms with Gasteiger partial charge in [0.25, 0.3) is 0 Å². The first-order valence-electron chi connectivity index (χ1n) is 7.32. The number of methoxy groups -OCH3 is 1. The second kappa shape index (κ2) is 7.60. The smallest absolute Gasteiger partial charge is 0.221 e. The summed E-state index contributed by atoms with van der Waals surface area (Å²) in [5, 5.41) is 5.96. The quantitative estimate of drug-likeness (QED) is 0.761. The van der Waals surface area contributed by atoms with Crippen LogP contribution in [-0.2, 0) is 21.2 Å². The Labute approximate surface area is 131 Å². The number of sulfone groups is 1. The summed E-state index contributed by atoms with van der Waals surface area (Å²) in [6.07, 6.45) is 0.955. The monoisotopic (exact) mass is 326 g/mol. The van der Waals surface area contributed by atoms with E-state index in [0.717, 1.165) is 11.3 Å². The number of para-hydroxylation sites is 1. The van der Waals surface area contributed by atoms with Crippen molar-refractivity contribution in [1.82, 2.24) is 10.6 Å². The Morgan fingerprint density at radius 2 is 2.14 bits per heavy atom. The fourth-order valence-electron chi connectivity index (χ4n) is 2.48. The number of ether oxygens (including phenoxy) is 1. The molecule has 1 fully saturated rings. The molecule has 0 spiro atoms. The first-order valence-corrected chi connectivity index (χ1v) is 9.15. The van der Waals surface area contributed by atoms with Crippen molar-refractivity contribution >= 4 is 15.7 Å². The van der Waals surface area contributed by atoms with Crippen LogP contribution in [0.25, 0.3) is 0 Å². The Morgan fingerprint density at radius 1 is 1.36 bits per heavy atom. The van der Waals surface area contributed by atoms with Gasteiger partial charge in [-0.25, -0.2) is 8.42 Å². The zero-order valence-corrected chi connectivity index (χ0v) is 13.5. The molecule has 1 aromatic rings. The van der Waals surface area contributed by atoms with E-state index in [1.165, 1.54) is 0 Å². The van der Waals surface area contributed by atoms with Crippen molar-refractivity contribution in [2.24, 2.45) is 0 Å². The Hall–Kier alpha value is -1.60. The molecule has 1 atom stereocenters. The summed E-state index contributed by atoms with van der Waals surface area (Å²) in [7, 11) is -1.28. The summed E-state index contributed by atoms with van der Waals surface area (Å²) < 4.78 is 27.9. The van der Waals surface area contributed by atoms with Crippen molar-refractivity contribution in [1.29, 1.82) is 0 Å². The number of rotatable bonds is 7. The number of benzene rings is 1. The lowest BCUT2D eigenvalue weighted by Gasteiger charge is -2.11. The molecule has 22 heavy (non-hydrogen) atoms. The van der Waals surface area contributed by atoms with E-state index >= 15 is 0 Å². The summed E-state index contributed by atoms with van der Waals surface area (Å²) in [6.45, 7) is 0.901. The van der Waals surface area contributed by atoms with Crippen LogP contribution in [-0.4, -0.2) is 45.5 Å². The third kappa shape index (κ3) is 4.99. The van der Waals surface area contributed by atoms with Crippen LogP contribution in [0.15, 0.2) is 24.3 Å². The molecule has 1 heterocycles. The molecule has 1 aliphatic rings. The zero-order valence-electron chi connectivity index (χ0n) is 12.7. The van der Waals surface area contributed by atoms with Crippen molar-refractivity contribution < 1.29 is 17.9 Å². The summed E-state index contributed by atoms with van der Waals surface area (Å²) in [4.78, 5) is 11.8. The second-order valence-electron chi connectivity index (χ2n) is 5.39. The molecule has 2 N–H and O–H groups in total. The molecule has 6 nitrogen and oxygen atoms in total. The van der Waals surface area contributed by atoms with E-state index in [1.807, 2.05) is 24.3 Å². The van der Waals surface area contributed by atoms with Gasteiger partial charge in [0, 0.05) is 31.1 Å². The molecule has 1 aromatic carbocycles. The minimum atomic E-state index is -2.88. The molecule has 0 aromatic heterocycles. The minimum Gasteiger partial charge on any atom is -0.496 e. The highest BCUT2D eigenvalue weighted by Crippen LogP contribution is 2.16. The molecule has 1 unspecified atom stereocenters. The van der Waals surface area contributed by atoms with Gasteiger partial charge in [-0.2, -0.15) is 0 Å². The standard InChI is InChI=1S/C15H22N2O4S/c1-21-14-5-3-2-4-12(14)10-17-15(18)6-8-16-13-7-9-22(19,20)11-13/h2-5,13,16H,6-11H2,1H3,(H,17,18). The van der Waals surface area contributed by atoms with Gasteiger partial charge in [-0.3, -0.25) is 4.79 Å². The van der Waals surface area contributed by atoms with Gasteiger partial charge in [0.15, 0.2) is 9.84 Å². The molecule has 1 amide bonds. The van der Waals surface area contributed by atoms with Gasteiger partial charge in [-0.1, -0.05) is 18.2 Å². The van der Waals surface area contributed by atoms with Gasteiger partial charge in [-0.15, -0.1) is 0 Å². The molecule has 0 radical (unpaired) electrons. The Bertz CT molecular complexity index is 616. The fraction of sp³-hybridized carbons (Fsp3) is 0.533. The molecule has 0 bridgehead atoms. The van der Waals surface area contributed by atoms with Gasteiger partial charge in [0.05, 0.1) is 18.6 Å². The van der Waals surface area contributed by atoms with Gasteiger partial charge in [0.2, 0.25) is 5.91 Å². The van der Waals surface area contributed by atoms with Crippen LogP contribution in [0.1, 0.15) is 18.4 Å². The third-order valence-electron chi connectivity index (χ3n) is 3.69. The molecule has 1 saturated heterocycles. The third-order valence-corrected chi connectivity index (χ3v) is 5.45. The number of hydrogen-bond acceptors (Lipinski definition) is 5. The number of amides is 1. The van der Waals surface area contributed by atoms with E-state index < -0.39 is 9.84 Å². The van der Waals surface area contributed by atoms with Gasteiger partial charge in [0.1, 0.15) is 5.75 Å². The molecule has 2 rings (SSSR count). The van der Waals surface area contributed by atoms with E-state index in [0.29, 0.717) is 25.9 Å². The molecular formula is C15H22N2O4S. The van der Waals surface area contributed by atoms with Crippen molar-refractivity contribution in [3.63, 3.8) is 0 Å². The van der Waals surface area contributed by atoms with E-state index in [-0.39, 0.29) is 23.5 Å². The van der Waals surface area contributed by atoms with Crippen LogP contribution in [0.3, 0.4) is 0 Å². The van der Waals surface area contributed by atoms with Crippen LogP contribution in [0.5, 0.6) is 5.75 Å². The minimum absolute atomic E-state index is 0.0213. The van der Waals surface area contributed by atoms with Crippen LogP contribution < -0.4 is 15.4 Å². The van der Waals surface area contributed by atoms with E-state index in [9.17, 15) is 13.2 Å². The summed E-state index contributed by atoms with van der Waals surface area (Å²) in [5.41, 5.74) is 0.924. The number of hydrogen-bond donors (Lipinski definition) is 2. The maximum absolute atomic E-state index is 11.8. The average Bonchev–Trinajstić information content (AvgIpc) is 2.84. The van der Waals surface area contributed by atoms with Crippen molar-refractivity contribution in [3.8, 4) is 5.75 Å². The topological polar surface area (TPSA) is 84.5 Å². The van der Waals surface area contributed by atoms with Gasteiger partial charge in [-0.05, 0) is 12.5 Å². The lowest BCUT2D eigenvalue weighted by Crippen LogP contribution is -2.34. The molecule has 7 heteroatoms. The van der Waals surface area contributed by atoms with E-state index in [1.54, 1.807) is 7.11 Å². The summed E-state index contributed by atoms with van der Waals surface area (Å²) in [6, 6.07) is 7.51. The molecule has 122 valence electrons. The zero-order chi connectivity index (χ0) is 16.0. The van der Waals surface area contributed by atoms with Crippen LogP contribution in [0.2, 0.25) is 0 Å². The van der Waals surface area contributed by atoms with Crippen molar-refractivity contribution in [2.45, 2.75) is 25.4 Å². The van der Waals surface area contributed by atoms with Crippen LogP contribution in [0.4, 0.5) is 0 Å². The Morgan fingerprint density at radius 3 is 2.82 bits per heavy atom. The molecule has 0 saturated carbocycles. The van der Waals surface area contributed by atoms with Crippen LogP contribution in [0, 0.1) is 0 Å². The highest BCUT2D eigenvalue weighted by Gasteiger charge is 2.27. The van der Waals surface area contributed by atoms with Crippen molar-refractivity contribution in [2.75, 3.05) is 25.2 Å². The molecule has 1 aliphatic heterocycles. The summed E-state index contributed by atoms with van der Waals surface area (Å²) >= 11 is 0. The molecular weight excluding hydrogens is 304 g/mol. The molecule has 0 aliphatic carbocycles. The summed E-state index contributed by atoms with van der Waals surface area (Å²) in [5.74, 6) is 1.09. The van der Waals surface area contributed by atoms with Gasteiger partial charge < -0.3 is 15.4 Å². The normalized spacial score (nSPS) is 19.8. The average molecular weight is 326 g/mol. The maximum Gasteiger partial charge on any atom is 0.221 e. The first kappa shape index (κ1) is 16.8. The number of carbonyl (C=O) groups is 1. The lowest BCUT2D eigenvalue weighted by molar-refractivity contribution is -0.121. The van der Waals surface area contributed by atoms with Crippen LogP contribution >= 0.6 is 0 Å². The Kier molecular flexibility index (Phi) is 5.79. The maximum atomic E-state index is 11.8. The second-order valence-corrected chi connectivity index (χ2v) is 7.62. The number of nitrogens with one attached hydrogen (secondary N) is 2. The largest absolute Gasteiger partial charge is 0.496 e. The first-order chi connectivity index (χ1) is 10.5. The Balaban J connectivity index is 1.68. The van der Waals surface area contributed by atoms with E-state index in [4.69, 9.17) is 4.74 Å². The fourth-order valence-corrected chi connectivity index (χ4v) is 4.18.